The van der Waals surface area contributed by atoms with Crippen LogP contribution in [0.2, 0.25) is 0 Å². The van der Waals surface area contributed by atoms with E-state index in [9.17, 15) is 14.7 Å². The normalized spacial score (nSPS) is 10.6. The molecule has 0 radical (unpaired) electrons. The first-order chi connectivity index (χ1) is 12.0. The van der Waals surface area contributed by atoms with Crippen LogP contribution in [-0.2, 0) is 16.1 Å². The number of carbonyl (C=O) groups excluding carboxylic acids is 2. The van der Waals surface area contributed by atoms with E-state index in [1.54, 1.807) is 25.2 Å². The fourth-order valence-corrected chi connectivity index (χ4v) is 2.43. The van der Waals surface area contributed by atoms with Crippen LogP contribution in [-0.4, -0.2) is 35.5 Å². The molecule has 6 heteroatoms. The van der Waals surface area contributed by atoms with Crippen LogP contribution in [0.4, 0.5) is 0 Å². The number of nitrogens with zero attached hydrogens (tertiary/aromatic N) is 1. The van der Waals surface area contributed by atoms with E-state index in [0.717, 1.165) is 10.8 Å². The van der Waals surface area contributed by atoms with Gasteiger partial charge in [0.2, 0.25) is 0 Å². The minimum Gasteiger partial charge on any atom is -0.507 e. The summed E-state index contributed by atoms with van der Waals surface area (Å²) in [5.74, 6) is -0.664. The van der Waals surface area contributed by atoms with E-state index in [1.807, 2.05) is 24.3 Å². The molecule has 2 aromatic carbocycles. The maximum absolute atomic E-state index is 12.2. The standard InChI is InChI=1S/C19H17NO5/c1-20(11-15-7-4-8-24-15)18(22)12-25-19(23)16-9-13-5-2-3-6-14(13)10-17(16)21/h2-10,21H,11-12H2,1H3. The maximum atomic E-state index is 12.2. The molecule has 1 heterocycles. The van der Waals surface area contributed by atoms with E-state index < -0.39 is 12.6 Å². The molecule has 0 fully saturated rings. The average Bonchev–Trinajstić information content (AvgIpc) is 3.11. The second kappa shape index (κ2) is 7.09. The summed E-state index contributed by atoms with van der Waals surface area (Å²) in [6, 6.07) is 13.9. The first-order valence-corrected chi connectivity index (χ1v) is 7.70. The molecule has 128 valence electrons. The molecule has 1 N–H and O–H groups in total. The highest BCUT2D eigenvalue weighted by molar-refractivity contribution is 5.99. The van der Waals surface area contributed by atoms with Crippen molar-refractivity contribution in [1.82, 2.24) is 4.90 Å². The molecular formula is C19H17NO5. The number of aromatic hydroxyl groups is 1. The molecule has 0 saturated carbocycles. The lowest BCUT2D eigenvalue weighted by molar-refractivity contribution is -0.134. The van der Waals surface area contributed by atoms with Crippen LogP contribution in [0.15, 0.2) is 59.2 Å². The third-order valence-corrected chi connectivity index (χ3v) is 3.81. The van der Waals surface area contributed by atoms with Crippen molar-refractivity contribution in [1.29, 1.82) is 0 Å². The molecule has 0 bridgehead atoms. The van der Waals surface area contributed by atoms with Crippen LogP contribution >= 0.6 is 0 Å². The largest absolute Gasteiger partial charge is 0.507 e. The molecular weight excluding hydrogens is 322 g/mol. The smallest absolute Gasteiger partial charge is 0.342 e. The summed E-state index contributed by atoms with van der Waals surface area (Å²) in [6.07, 6.45) is 1.52. The van der Waals surface area contributed by atoms with E-state index >= 15 is 0 Å². The van der Waals surface area contributed by atoms with Crippen LogP contribution in [0, 0.1) is 0 Å². The van der Waals surface area contributed by atoms with Crippen molar-refractivity contribution in [3.05, 3.63) is 66.1 Å². The topological polar surface area (TPSA) is 80.0 Å². The number of amides is 1. The number of esters is 1. The second-order valence-corrected chi connectivity index (χ2v) is 5.62. The summed E-state index contributed by atoms with van der Waals surface area (Å²) in [5, 5.41) is 11.6. The Balaban J connectivity index is 1.64. The zero-order valence-corrected chi connectivity index (χ0v) is 13.6. The number of ether oxygens (including phenoxy) is 1. The van der Waals surface area contributed by atoms with Crippen LogP contribution in [0.25, 0.3) is 10.8 Å². The van der Waals surface area contributed by atoms with Gasteiger partial charge in [0.25, 0.3) is 5.91 Å². The van der Waals surface area contributed by atoms with Gasteiger partial charge in [-0.3, -0.25) is 4.79 Å². The monoisotopic (exact) mass is 339 g/mol. The van der Waals surface area contributed by atoms with Gasteiger partial charge in [0, 0.05) is 7.05 Å². The molecule has 3 aromatic rings. The number of hydrogen-bond donors (Lipinski definition) is 1. The number of benzene rings is 2. The number of rotatable bonds is 5. The number of hydrogen-bond acceptors (Lipinski definition) is 5. The van der Waals surface area contributed by atoms with E-state index in [1.165, 1.54) is 17.2 Å². The van der Waals surface area contributed by atoms with Gasteiger partial charge in [-0.05, 0) is 35.0 Å². The minimum atomic E-state index is -0.747. The van der Waals surface area contributed by atoms with Crippen molar-refractivity contribution >= 4 is 22.6 Å². The third kappa shape index (κ3) is 3.80. The predicted molar refractivity (Wildman–Crippen MR) is 91.1 cm³/mol. The van der Waals surface area contributed by atoms with E-state index in [-0.39, 0.29) is 23.8 Å². The Hall–Kier alpha value is -3.28. The second-order valence-electron chi connectivity index (χ2n) is 5.62. The third-order valence-electron chi connectivity index (χ3n) is 3.81. The van der Waals surface area contributed by atoms with Crippen molar-refractivity contribution in [3.63, 3.8) is 0 Å². The van der Waals surface area contributed by atoms with Gasteiger partial charge in [-0.1, -0.05) is 24.3 Å². The summed E-state index contributed by atoms with van der Waals surface area (Å²) in [4.78, 5) is 25.6. The van der Waals surface area contributed by atoms with Crippen LogP contribution < -0.4 is 0 Å². The first-order valence-electron chi connectivity index (χ1n) is 7.70. The average molecular weight is 339 g/mol. The van der Waals surface area contributed by atoms with Gasteiger partial charge in [0.15, 0.2) is 6.61 Å². The van der Waals surface area contributed by atoms with Crippen molar-refractivity contribution in [2.45, 2.75) is 6.54 Å². The fourth-order valence-electron chi connectivity index (χ4n) is 2.43. The molecule has 0 atom stereocenters. The first kappa shape index (κ1) is 16.6. The number of phenolic OH excluding ortho intramolecular Hbond substituents is 1. The van der Waals surface area contributed by atoms with E-state index in [2.05, 4.69) is 0 Å². The van der Waals surface area contributed by atoms with E-state index in [0.29, 0.717) is 5.76 Å². The molecule has 0 aliphatic rings. The Bertz CT molecular complexity index is 901. The van der Waals surface area contributed by atoms with Gasteiger partial charge in [-0.25, -0.2) is 4.79 Å². The quantitative estimate of drug-likeness (QED) is 0.723. The molecule has 0 spiro atoms. The highest BCUT2D eigenvalue weighted by atomic mass is 16.5. The molecule has 1 amide bonds. The molecule has 25 heavy (non-hydrogen) atoms. The molecule has 6 nitrogen and oxygen atoms in total. The summed E-state index contributed by atoms with van der Waals surface area (Å²) < 4.78 is 10.2. The Morgan fingerprint density at radius 2 is 1.84 bits per heavy atom. The summed E-state index contributed by atoms with van der Waals surface area (Å²) >= 11 is 0. The zero-order chi connectivity index (χ0) is 17.8. The highest BCUT2D eigenvalue weighted by Crippen LogP contribution is 2.25. The lowest BCUT2D eigenvalue weighted by atomic mass is 10.1. The zero-order valence-electron chi connectivity index (χ0n) is 13.6. The van der Waals surface area contributed by atoms with Crippen molar-refractivity contribution in [2.24, 2.45) is 0 Å². The van der Waals surface area contributed by atoms with Gasteiger partial charge in [0.05, 0.1) is 12.8 Å². The summed E-state index contributed by atoms with van der Waals surface area (Å²) in [6.45, 7) is -0.132. The van der Waals surface area contributed by atoms with Gasteiger partial charge in [-0.15, -0.1) is 0 Å². The highest BCUT2D eigenvalue weighted by Gasteiger charge is 2.17. The SMILES string of the molecule is CN(Cc1ccco1)C(=O)COC(=O)c1cc2ccccc2cc1O. The Labute approximate surface area is 144 Å². The minimum absolute atomic E-state index is 0.0280. The fraction of sp³-hybridized carbons (Fsp3) is 0.158. The van der Waals surface area contributed by atoms with Crippen molar-refractivity contribution < 1.29 is 23.8 Å². The maximum Gasteiger partial charge on any atom is 0.342 e. The van der Waals surface area contributed by atoms with Crippen molar-refractivity contribution in [3.8, 4) is 5.75 Å². The van der Waals surface area contributed by atoms with Crippen molar-refractivity contribution in [2.75, 3.05) is 13.7 Å². The summed E-state index contributed by atoms with van der Waals surface area (Å²) in [7, 11) is 1.59. The molecule has 3 rings (SSSR count). The van der Waals surface area contributed by atoms with Crippen LogP contribution in [0.1, 0.15) is 16.1 Å². The van der Waals surface area contributed by atoms with Crippen LogP contribution in [0.3, 0.4) is 0 Å². The molecule has 0 aliphatic carbocycles. The molecule has 0 saturated heterocycles. The van der Waals surface area contributed by atoms with Gasteiger partial charge in [0.1, 0.15) is 17.1 Å². The molecule has 0 unspecified atom stereocenters. The lowest BCUT2D eigenvalue weighted by Gasteiger charge is -2.15. The van der Waals surface area contributed by atoms with Gasteiger partial charge < -0.3 is 19.2 Å². The molecule has 0 aliphatic heterocycles. The Morgan fingerprint density at radius 3 is 2.52 bits per heavy atom. The van der Waals surface area contributed by atoms with Gasteiger partial charge in [-0.2, -0.15) is 0 Å². The number of furan rings is 1. The number of fused-ring (bicyclic) bond motifs is 1. The Morgan fingerprint density at radius 1 is 1.12 bits per heavy atom. The number of likely N-dealkylation sites (N-methyl/N-ethyl adjacent to an activating group) is 1. The van der Waals surface area contributed by atoms with Crippen LogP contribution in [0.5, 0.6) is 5.75 Å². The van der Waals surface area contributed by atoms with Gasteiger partial charge >= 0.3 is 5.97 Å². The molecule has 1 aromatic heterocycles. The lowest BCUT2D eigenvalue weighted by Crippen LogP contribution is -2.30. The summed E-state index contributed by atoms with van der Waals surface area (Å²) in [5.41, 5.74) is 0.0280. The number of phenols is 1. The Kier molecular flexibility index (Phi) is 4.70. The predicted octanol–water partition coefficient (Wildman–Crippen LogP) is 2.95. The number of carbonyl (C=O) groups is 2. The van der Waals surface area contributed by atoms with E-state index in [4.69, 9.17) is 9.15 Å².